The highest BCUT2D eigenvalue weighted by molar-refractivity contribution is 9.10. The summed E-state index contributed by atoms with van der Waals surface area (Å²) in [4.78, 5) is 0. The Labute approximate surface area is 96.7 Å². The molecule has 1 aromatic carbocycles. The lowest BCUT2D eigenvalue weighted by Gasteiger charge is -2.16. The number of aliphatic hydroxyl groups is 1. The Bertz CT molecular complexity index is 350. The van der Waals surface area contributed by atoms with Crippen molar-refractivity contribution in [1.29, 1.82) is 0 Å². The molecule has 0 aliphatic rings. The second kappa shape index (κ2) is 4.59. The van der Waals surface area contributed by atoms with Gasteiger partial charge in [-0.3, -0.25) is 0 Å². The SMILES string of the molecule is OCC(F)(F)Oc1c(F)cc(Br)cc1Cl. The van der Waals surface area contributed by atoms with E-state index < -0.39 is 24.3 Å². The van der Waals surface area contributed by atoms with Gasteiger partial charge in [0, 0.05) is 4.47 Å². The van der Waals surface area contributed by atoms with Gasteiger partial charge in [-0.15, -0.1) is 0 Å². The van der Waals surface area contributed by atoms with Gasteiger partial charge in [-0.25, -0.2) is 4.39 Å². The van der Waals surface area contributed by atoms with E-state index in [0.29, 0.717) is 4.47 Å². The van der Waals surface area contributed by atoms with Crippen molar-refractivity contribution >= 4 is 27.5 Å². The van der Waals surface area contributed by atoms with Crippen LogP contribution in [0.4, 0.5) is 13.2 Å². The highest BCUT2D eigenvalue weighted by atomic mass is 79.9. The van der Waals surface area contributed by atoms with E-state index in [4.69, 9.17) is 16.7 Å². The maximum absolute atomic E-state index is 13.1. The molecule has 2 nitrogen and oxygen atoms in total. The molecule has 0 spiro atoms. The van der Waals surface area contributed by atoms with Crippen molar-refractivity contribution in [2.75, 3.05) is 6.61 Å². The standard InChI is InChI=1S/C8H5BrClF3O2/c9-4-1-5(10)7(6(11)2-4)15-8(12,13)3-14/h1-2,14H,3H2. The smallest absolute Gasteiger partial charge is 0.421 e. The number of hydrogen-bond acceptors (Lipinski definition) is 2. The Kier molecular flexibility index (Phi) is 3.86. The summed E-state index contributed by atoms with van der Waals surface area (Å²) in [6.45, 7) is -1.56. The fourth-order valence-corrected chi connectivity index (χ4v) is 1.62. The number of alkyl halides is 2. The average Bonchev–Trinajstić information content (AvgIpc) is 2.11. The molecule has 0 heterocycles. The molecule has 0 amide bonds. The molecule has 1 aromatic rings. The quantitative estimate of drug-likeness (QED) is 0.929. The molecule has 0 radical (unpaired) electrons. The molecule has 7 heteroatoms. The Balaban J connectivity index is 3.05. The molecule has 0 bridgehead atoms. The van der Waals surface area contributed by atoms with Gasteiger partial charge in [-0.1, -0.05) is 27.5 Å². The third-order valence-electron chi connectivity index (χ3n) is 1.40. The van der Waals surface area contributed by atoms with Gasteiger partial charge in [0.15, 0.2) is 11.6 Å². The van der Waals surface area contributed by atoms with E-state index in [-0.39, 0.29) is 5.02 Å². The highest BCUT2D eigenvalue weighted by Crippen LogP contribution is 2.34. The van der Waals surface area contributed by atoms with E-state index >= 15 is 0 Å². The molecule has 1 rings (SSSR count). The largest absolute Gasteiger partial charge is 0.426 e. The van der Waals surface area contributed by atoms with Crippen LogP contribution in [0.2, 0.25) is 5.02 Å². The minimum absolute atomic E-state index is 0.296. The minimum Gasteiger partial charge on any atom is -0.426 e. The maximum atomic E-state index is 13.1. The van der Waals surface area contributed by atoms with Crippen molar-refractivity contribution < 1.29 is 23.0 Å². The minimum atomic E-state index is -3.86. The van der Waals surface area contributed by atoms with E-state index in [9.17, 15) is 13.2 Å². The molecule has 15 heavy (non-hydrogen) atoms. The summed E-state index contributed by atoms with van der Waals surface area (Å²) < 4.78 is 42.6. The third-order valence-corrected chi connectivity index (χ3v) is 2.14. The first-order chi connectivity index (χ1) is 6.85. The molecule has 0 atom stereocenters. The highest BCUT2D eigenvalue weighted by Gasteiger charge is 2.32. The fraction of sp³-hybridized carbons (Fsp3) is 0.250. The third kappa shape index (κ3) is 3.25. The molecule has 1 N–H and O–H groups in total. The van der Waals surface area contributed by atoms with Crippen LogP contribution in [0.5, 0.6) is 5.75 Å². The molecule has 84 valence electrons. The normalized spacial score (nSPS) is 11.6. The van der Waals surface area contributed by atoms with Gasteiger partial charge < -0.3 is 9.84 Å². The average molecular weight is 305 g/mol. The zero-order valence-corrected chi connectivity index (χ0v) is 9.45. The van der Waals surface area contributed by atoms with E-state index in [2.05, 4.69) is 20.7 Å². The van der Waals surface area contributed by atoms with Crippen molar-refractivity contribution in [3.05, 3.63) is 27.4 Å². The molecule has 0 aromatic heterocycles. The number of benzene rings is 1. The fourth-order valence-electron chi connectivity index (χ4n) is 0.808. The summed E-state index contributed by atoms with van der Waals surface area (Å²) in [5.41, 5.74) is 0. The Morgan fingerprint density at radius 2 is 2.07 bits per heavy atom. The van der Waals surface area contributed by atoms with Gasteiger partial charge in [0.05, 0.1) is 5.02 Å². The second-order valence-electron chi connectivity index (χ2n) is 2.60. The molecular formula is C8H5BrClF3O2. The van der Waals surface area contributed by atoms with Crippen molar-refractivity contribution in [3.63, 3.8) is 0 Å². The number of halogens is 5. The van der Waals surface area contributed by atoms with Gasteiger partial charge in [-0.2, -0.15) is 8.78 Å². The summed E-state index contributed by atoms with van der Waals surface area (Å²) in [5.74, 6) is -1.83. The lowest BCUT2D eigenvalue weighted by Crippen LogP contribution is -2.29. The van der Waals surface area contributed by atoms with Crippen molar-refractivity contribution in [2.24, 2.45) is 0 Å². The Morgan fingerprint density at radius 3 is 2.53 bits per heavy atom. The van der Waals surface area contributed by atoms with E-state index in [1.807, 2.05) is 0 Å². The van der Waals surface area contributed by atoms with Crippen molar-refractivity contribution in [3.8, 4) is 5.75 Å². The van der Waals surface area contributed by atoms with Crippen LogP contribution >= 0.6 is 27.5 Å². The van der Waals surface area contributed by atoms with Crippen molar-refractivity contribution in [2.45, 2.75) is 6.11 Å². The summed E-state index contributed by atoms with van der Waals surface area (Å²) in [7, 11) is 0. The van der Waals surface area contributed by atoms with Crippen LogP contribution in [0.1, 0.15) is 0 Å². The van der Waals surface area contributed by atoms with Crippen LogP contribution in [0, 0.1) is 5.82 Å². The molecular weight excluding hydrogens is 300 g/mol. The predicted octanol–water partition coefficient (Wildman–Crippen LogP) is 3.21. The molecule has 0 aliphatic heterocycles. The monoisotopic (exact) mass is 304 g/mol. The molecule has 0 saturated carbocycles. The number of rotatable bonds is 3. The lowest BCUT2D eigenvalue weighted by molar-refractivity contribution is -0.202. The van der Waals surface area contributed by atoms with Gasteiger partial charge in [-0.05, 0) is 12.1 Å². The predicted molar refractivity (Wildman–Crippen MR) is 51.8 cm³/mol. The van der Waals surface area contributed by atoms with E-state index in [1.54, 1.807) is 0 Å². The van der Waals surface area contributed by atoms with Gasteiger partial charge in [0.2, 0.25) is 0 Å². The van der Waals surface area contributed by atoms with Gasteiger partial charge >= 0.3 is 6.11 Å². The first kappa shape index (κ1) is 12.6. The summed E-state index contributed by atoms with van der Waals surface area (Å²) in [6.07, 6.45) is -3.86. The van der Waals surface area contributed by atoms with Gasteiger partial charge in [0.25, 0.3) is 0 Å². The Morgan fingerprint density at radius 1 is 1.47 bits per heavy atom. The van der Waals surface area contributed by atoms with Crippen LogP contribution in [-0.4, -0.2) is 17.8 Å². The van der Waals surface area contributed by atoms with E-state index in [0.717, 1.165) is 6.07 Å². The zero-order chi connectivity index (χ0) is 11.6. The number of ether oxygens (including phenoxy) is 1. The topological polar surface area (TPSA) is 29.5 Å². The van der Waals surface area contributed by atoms with Crippen molar-refractivity contribution in [1.82, 2.24) is 0 Å². The van der Waals surface area contributed by atoms with Crippen LogP contribution in [0.25, 0.3) is 0 Å². The lowest BCUT2D eigenvalue weighted by atomic mass is 10.3. The first-order valence-electron chi connectivity index (χ1n) is 3.68. The van der Waals surface area contributed by atoms with E-state index in [1.165, 1.54) is 6.07 Å². The van der Waals surface area contributed by atoms with Crippen LogP contribution in [0.3, 0.4) is 0 Å². The number of hydrogen-bond donors (Lipinski definition) is 1. The maximum Gasteiger partial charge on any atom is 0.421 e. The van der Waals surface area contributed by atoms with Gasteiger partial charge in [0.1, 0.15) is 6.61 Å². The summed E-state index contributed by atoms with van der Waals surface area (Å²) in [6, 6.07) is 2.13. The summed E-state index contributed by atoms with van der Waals surface area (Å²) in [5, 5.41) is 7.93. The number of aliphatic hydroxyl groups excluding tert-OH is 1. The molecule has 0 unspecified atom stereocenters. The van der Waals surface area contributed by atoms with Crippen LogP contribution < -0.4 is 4.74 Å². The van der Waals surface area contributed by atoms with Crippen LogP contribution in [-0.2, 0) is 0 Å². The Hall–Kier alpha value is -0.460. The second-order valence-corrected chi connectivity index (χ2v) is 3.92. The first-order valence-corrected chi connectivity index (χ1v) is 4.85. The van der Waals surface area contributed by atoms with Crippen LogP contribution in [0.15, 0.2) is 16.6 Å². The molecule has 0 fully saturated rings. The molecule has 0 aliphatic carbocycles. The zero-order valence-electron chi connectivity index (χ0n) is 7.11. The summed E-state index contributed by atoms with van der Waals surface area (Å²) >= 11 is 8.41. The molecule has 0 saturated heterocycles.